The van der Waals surface area contributed by atoms with Crippen molar-refractivity contribution in [2.75, 3.05) is 5.73 Å². The summed E-state index contributed by atoms with van der Waals surface area (Å²) in [5, 5.41) is 2.27. The number of nitrogens with zero attached hydrogens (tertiary/aromatic N) is 4. The van der Waals surface area contributed by atoms with Gasteiger partial charge in [0.15, 0.2) is 17.5 Å². The maximum Gasteiger partial charge on any atom is 0.164 e. The Bertz CT molecular complexity index is 3480. The lowest BCUT2D eigenvalue weighted by Crippen LogP contribution is -2.01. The van der Waals surface area contributed by atoms with Gasteiger partial charge in [0.2, 0.25) is 0 Å². The van der Waals surface area contributed by atoms with E-state index in [1.807, 2.05) is 36.4 Å². The zero-order chi connectivity index (χ0) is 42.6. The zero-order valence-electron chi connectivity index (χ0n) is 35.0. The van der Waals surface area contributed by atoms with Crippen LogP contribution in [0.2, 0.25) is 0 Å². The smallest absolute Gasteiger partial charge is 0.164 e. The van der Waals surface area contributed by atoms with Gasteiger partial charge in [-0.25, -0.2) is 15.0 Å². The van der Waals surface area contributed by atoms with Crippen molar-refractivity contribution < 1.29 is 0 Å². The van der Waals surface area contributed by atoms with Gasteiger partial charge in [-0.05, 0) is 93.2 Å². The van der Waals surface area contributed by atoms with E-state index in [4.69, 9.17) is 20.7 Å². The molecule has 0 spiro atoms. The molecule has 0 fully saturated rings. The lowest BCUT2D eigenvalue weighted by molar-refractivity contribution is 1.07. The molecule has 302 valence electrons. The van der Waals surface area contributed by atoms with E-state index in [-0.39, 0.29) is 0 Å². The first-order valence-corrected chi connectivity index (χ1v) is 21.8. The third kappa shape index (κ3) is 6.45. The minimum atomic E-state index is 0.654. The predicted molar refractivity (Wildman–Crippen MR) is 263 cm³/mol. The van der Waals surface area contributed by atoms with Crippen LogP contribution in [0.1, 0.15) is 22.3 Å². The molecule has 0 radical (unpaired) electrons. The Morgan fingerprint density at radius 3 is 1.77 bits per heavy atom. The van der Waals surface area contributed by atoms with Gasteiger partial charge in [-0.3, -0.25) is 0 Å². The van der Waals surface area contributed by atoms with Crippen LogP contribution in [0.4, 0.5) is 5.69 Å². The Kier molecular flexibility index (Phi) is 9.04. The molecule has 1 aliphatic carbocycles. The van der Waals surface area contributed by atoms with Gasteiger partial charge in [0.1, 0.15) is 0 Å². The van der Waals surface area contributed by atoms with Crippen molar-refractivity contribution >= 4 is 27.5 Å². The second-order valence-electron chi connectivity index (χ2n) is 16.6. The molecule has 11 aromatic rings. The standard InChI is InChI=1S/C59H41N5/c60-55-48(47-26-14-13-22-43(47)34-38-16-5-1-6-17-38)31-32-49-52-37-42(30-33-53(52)64(56(49)55)46-24-11-4-12-25-46)41-28-29-44-35-45-23-15-27-50(54(45)51(44)36-41)59-62-57(39-18-7-2-8-19-39)61-58(63-59)40-20-9-3-10-21-40/h1-33,36-37H,34-35,60H2. The zero-order valence-corrected chi connectivity index (χ0v) is 35.0. The molecule has 0 bridgehead atoms. The Morgan fingerprint density at radius 1 is 0.422 bits per heavy atom. The molecule has 0 saturated heterocycles. The molecule has 0 unspecified atom stereocenters. The third-order valence-electron chi connectivity index (χ3n) is 12.7. The number of anilines is 1. The van der Waals surface area contributed by atoms with E-state index in [2.05, 4.69) is 180 Å². The Hall–Kier alpha value is -8.41. The first-order valence-electron chi connectivity index (χ1n) is 21.8. The monoisotopic (exact) mass is 819 g/mol. The number of benzene rings is 9. The highest BCUT2D eigenvalue weighted by Gasteiger charge is 2.26. The highest BCUT2D eigenvalue weighted by Crippen LogP contribution is 2.46. The predicted octanol–water partition coefficient (Wildman–Crippen LogP) is 14.0. The van der Waals surface area contributed by atoms with Crippen LogP contribution in [0, 0.1) is 0 Å². The molecule has 2 aromatic heterocycles. The highest BCUT2D eigenvalue weighted by atomic mass is 15.0. The van der Waals surface area contributed by atoms with Crippen LogP contribution < -0.4 is 5.73 Å². The van der Waals surface area contributed by atoms with Crippen molar-refractivity contribution in [2.45, 2.75) is 12.8 Å². The maximum absolute atomic E-state index is 7.38. The number of aromatic nitrogens is 4. The number of nitrogen functional groups attached to an aromatic ring is 1. The molecular formula is C59H41N5. The Morgan fingerprint density at radius 2 is 1.03 bits per heavy atom. The van der Waals surface area contributed by atoms with E-state index in [1.165, 1.54) is 33.4 Å². The number of fused-ring (bicyclic) bond motifs is 6. The summed E-state index contributed by atoms with van der Waals surface area (Å²) in [6.07, 6.45) is 1.67. The van der Waals surface area contributed by atoms with E-state index >= 15 is 0 Å². The van der Waals surface area contributed by atoms with Crippen molar-refractivity contribution in [1.29, 1.82) is 0 Å². The maximum atomic E-state index is 7.38. The van der Waals surface area contributed by atoms with Gasteiger partial charge < -0.3 is 10.3 Å². The fourth-order valence-electron chi connectivity index (χ4n) is 9.68. The van der Waals surface area contributed by atoms with Gasteiger partial charge >= 0.3 is 0 Å². The van der Waals surface area contributed by atoms with Crippen molar-refractivity contribution in [1.82, 2.24) is 19.5 Å². The number of hydrogen-bond donors (Lipinski definition) is 1. The molecule has 12 rings (SSSR count). The summed E-state index contributed by atoms with van der Waals surface area (Å²) in [5.41, 5.74) is 26.2. The number of hydrogen-bond acceptors (Lipinski definition) is 4. The summed E-state index contributed by atoms with van der Waals surface area (Å²) in [4.78, 5) is 15.3. The molecule has 0 aliphatic heterocycles. The van der Waals surface area contributed by atoms with E-state index < -0.39 is 0 Å². The molecule has 5 nitrogen and oxygen atoms in total. The Labute approximate surface area is 371 Å². The largest absolute Gasteiger partial charge is 0.397 e. The molecule has 64 heavy (non-hydrogen) atoms. The minimum absolute atomic E-state index is 0.654. The van der Waals surface area contributed by atoms with Crippen molar-refractivity contribution in [3.05, 3.63) is 235 Å². The van der Waals surface area contributed by atoms with Crippen LogP contribution in [-0.2, 0) is 12.8 Å². The minimum Gasteiger partial charge on any atom is -0.397 e. The van der Waals surface area contributed by atoms with Crippen molar-refractivity contribution in [3.63, 3.8) is 0 Å². The van der Waals surface area contributed by atoms with Crippen LogP contribution in [0.3, 0.4) is 0 Å². The fourth-order valence-corrected chi connectivity index (χ4v) is 9.68. The van der Waals surface area contributed by atoms with Crippen LogP contribution in [0.25, 0.3) is 95.0 Å². The summed E-state index contributed by atoms with van der Waals surface area (Å²) in [6.45, 7) is 0. The van der Waals surface area contributed by atoms with Gasteiger partial charge in [-0.2, -0.15) is 0 Å². The van der Waals surface area contributed by atoms with E-state index in [0.717, 1.165) is 85.0 Å². The van der Waals surface area contributed by atoms with Crippen LogP contribution in [-0.4, -0.2) is 19.5 Å². The fraction of sp³-hybridized carbons (Fsp3) is 0.0339. The molecule has 0 atom stereocenters. The Balaban J connectivity index is 0.994. The van der Waals surface area contributed by atoms with Gasteiger partial charge in [0.05, 0.1) is 16.7 Å². The van der Waals surface area contributed by atoms with Crippen molar-refractivity contribution in [3.8, 4) is 73.2 Å². The first kappa shape index (κ1) is 37.4. The van der Waals surface area contributed by atoms with Gasteiger partial charge in [0, 0.05) is 38.7 Å². The number of nitrogens with two attached hydrogens (primary N) is 1. The third-order valence-corrected chi connectivity index (χ3v) is 12.7. The SMILES string of the molecule is Nc1c(-c2ccccc2Cc2ccccc2)ccc2c3cc(-c4ccc5c(c4)-c4c(cccc4-c4nc(-c6ccccc6)nc(-c6ccccc6)n4)C5)ccc3n(-c3ccccc3)c12. The van der Waals surface area contributed by atoms with E-state index in [0.29, 0.717) is 17.5 Å². The summed E-state index contributed by atoms with van der Waals surface area (Å²) < 4.78 is 2.33. The summed E-state index contributed by atoms with van der Waals surface area (Å²) >= 11 is 0. The average molecular weight is 820 g/mol. The topological polar surface area (TPSA) is 69.6 Å². The van der Waals surface area contributed by atoms with Gasteiger partial charge in [-0.1, -0.05) is 182 Å². The summed E-state index contributed by atoms with van der Waals surface area (Å²) in [5.74, 6) is 1.97. The van der Waals surface area contributed by atoms with Gasteiger partial charge in [-0.15, -0.1) is 0 Å². The van der Waals surface area contributed by atoms with E-state index in [9.17, 15) is 0 Å². The van der Waals surface area contributed by atoms with Crippen LogP contribution >= 0.6 is 0 Å². The molecular weight excluding hydrogens is 779 g/mol. The molecule has 0 saturated carbocycles. The molecule has 9 aromatic carbocycles. The molecule has 1 aliphatic rings. The molecule has 2 N–H and O–H groups in total. The highest BCUT2D eigenvalue weighted by molar-refractivity contribution is 6.16. The summed E-state index contributed by atoms with van der Waals surface area (Å²) in [6, 6.07) is 75.0. The molecule has 0 amide bonds. The second-order valence-corrected chi connectivity index (χ2v) is 16.6. The summed E-state index contributed by atoms with van der Waals surface area (Å²) in [7, 11) is 0. The molecule has 2 heterocycles. The lowest BCUT2D eigenvalue weighted by Gasteiger charge is -2.15. The van der Waals surface area contributed by atoms with Crippen LogP contribution in [0.15, 0.2) is 212 Å². The van der Waals surface area contributed by atoms with Crippen LogP contribution in [0.5, 0.6) is 0 Å². The quantitative estimate of drug-likeness (QED) is 0.155. The van der Waals surface area contributed by atoms with Gasteiger partial charge in [0.25, 0.3) is 0 Å². The number of para-hydroxylation sites is 1. The van der Waals surface area contributed by atoms with E-state index in [1.54, 1.807) is 0 Å². The molecule has 5 heteroatoms. The first-order chi connectivity index (χ1) is 31.6. The lowest BCUT2D eigenvalue weighted by atomic mass is 9.93. The second kappa shape index (κ2) is 15.5. The van der Waals surface area contributed by atoms with Crippen molar-refractivity contribution in [2.24, 2.45) is 0 Å². The average Bonchev–Trinajstić information content (AvgIpc) is 3.91. The number of rotatable bonds is 8. The normalized spacial score (nSPS) is 11.8.